The standard InChI is InChI=1S/C17H16N4O2S/c1-10-6-4-5-7-13(10)16-20-14(9-24-16)15(8-18)21(22)17-11(2)19-12(3)23-17/h4-7,9,15,22H,1-3H3. The number of rotatable bonds is 4. The Labute approximate surface area is 143 Å². The molecule has 0 bridgehead atoms. The van der Waals surface area contributed by atoms with Gasteiger partial charge >= 0.3 is 0 Å². The first-order valence-electron chi connectivity index (χ1n) is 7.34. The number of oxazole rings is 1. The summed E-state index contributed by atoms with van der Waals surface area (Å²) in [5.41, 5.74) is 3.11. The highest BCUT2D eigenvalue weighted by Crippen LogP contribution is 2.32. The first-order valence-corrected chi connectivity index (χ1v) is 8.22. The number of thiazole rings is 1. The van der Waals surface area contributed by atoms with Gasteiger partial charge < -0.3 is 4.42 Å². The van der Waals surface area contributed by atoms with E-state index in [0.29, 0.717) is 17.3 Å². The van der Waals surface area contributed by atoms with E-state index in [1.807, 2.05) is 31.2 Å². The van der Waals surface area contributed by atoms with Gasteiger partial charge in [-0.3, -0.25) is 5.21 Å². The Morgan fingerprint density at radius 1 is 1.25 bits per heavy atom. The van der Waals surface area contributed by atoms with Crippen molar-refractivity contribution < 1.29 is 9.62 Å². The summed E-state index contributed by atoms with van der Waals surface area (Å²) in [5, 5.41) is 23.3. The molecule has 1 N–H and O–H groups in total. The van der Waals surface area contributed by atoms with Crippen LogP contribution in [0.2, 0.25) is 0 Å². The topological polar surface area (TPSA) is 86.2 Å². The molecule has 3 rings (SSSR count). The van der Waals surface area contributed by atoms with Gasteiger partial charge in [-0.1, -0.05) is 24.3 Å². The van der Waals surface area contributed by atoms with E-state index in [-0.39, 0.29) is 5.88 Å². The summed E-state index contributed by atoms with van der Waals surface area (Å²) in [6, 6.07) is 9.01. The van der Waals surface area contributed by atoms with Gasteiger partial charge in [0.05, 0.1) is 11.8 Å². The van der Waals surface area contributed by atoms with Gasteiger partial charge in [-0.2, -0.15) is 10.3 Å². The molecule has 7 heteroatoms. The van der Waals surface area contributed by atoms with E-state index < -0.39 is 6.04 Å². The Balaban J connectivity index is 1.94. The van der Waals surface area contributed by atoms with Crippen LogP contribution in [0.4, 0.5) is 5.88 Å². The third-order valence-corrected chi connectivity index (χ3v) is 4.53. The quantitative estimate of drug-likeness (QED) is 0.717. The normalized spacial score (nSPS) is 12.0. The van der Waals surface area contributed by atoms with Gasteiger partial charge in [0.1, 0.15) is 10.7 Å². The van der Waals surface area contributed by atoms with Crippen LogP contribution in [0.5, 0.6) is 0 Å². The molecule has 0 spiro atoms. The maximum atomic E-state index is 10.4. The molecule has 0 radical (unpaired) electrons. The van der Waals surface area contributed by atoms with Crippen LogP contribution in [-0.4, -0.2) is 15.2 Å². The van der Waals surface area contributed by atoms with Crippen LogP contribution in [0.3, 0.4) is 0 Å². The van der Waals surface area contributed by atoms with Gasteiger partial charge in [-0.15, -0.1) is 11.3 Å². The van der Waals surface area contributed by atoms with Gasteiger partial charge in [0, 0.05) is 17.9 Å². The zero-order chi connectivity index (χ0) is 17.3. The highest BCUT2D eigenvalue weighted by atomic mass is 32.1. The van der Waals surface area contributed by atoms with Crippen molar-refractivity contribution in [3.63, 3.8) is 0 Å². The SMILES string of the molecule is Cc1nc(C)c(N(O)C(C#N)c2csc(-c3ccccc3C)n2)o1. The zero-order valence-corrected chi connectivity index (χ0v) is 14.3. The summed E-state index contributed by atoms with van der Waals surface area (Å²) in [7, 11) is 0. The van der Waals surface area contributed by atoms with Crippen molar-refractivity contribution in [2.24, 2.45) is 0 Å². The number of hydrogen-bond donors (Lipinski definition) is 1. The molecule has 0 fully saturated rings. The highest BCUT2D eigenvalue weighted by Gasteiger charge is 2.27. The van der Waals surface area contributed by atoms with E-state index in [1.165, 1.54) is 11.3 Å². The number of benzene rings is 1. The fourth-order valence-electron chi connectivity index (χ4n) is 2.44. The third-order valence-electron chi connectivity index (χ3n) is 3.63. The molecule has 1 aromatic carbocycles. The predicted octanol–water partition coefficient (Wildman–Crippen LogP) is 4.18. The molecule has 1 unspecified atom stereocenters. The van der Waals surface area contributed by atoms with Crippen LogP contribution >= 0.6 is 11.3 Å². The molecular formula is C17H16N4O2S. The molecule has 0 saturated carbocycles. The van der Waals surface area contributed by atoms with E-state index in [4.69, 9.17) is 4.42 Å². The van der Waals surface area contributed by atoms with Crippen molar-refractivity contribution in [3.05, 3.63) is 52.5 Å². The Morgan fingerprint density at radius 3 is 2.62 bits per heavy atom. The monoisotopic (exact) mass is 340 g/mol. The van der Waals surface area contributed by atoms with Gasteiger partial charge in [-0.05, 0) is 19.4 Å². The molecule has 0 amide bonds. The van der Waals surface area contributed by atoms with Crippen LogP contribution in [0.1, 0.15) is 28.9 Å². The van der Waals surface area contributed by atoms with E-state index in [2.05, 4.69) is 16.0 Å². The van der Waals surface area contributed by atoms with Crippen molar-refractivity contribution in [2.45, 2.75) is 26.8 Å². The molecule has 2 heterocycles. The molecule has 24 heavy (non-hydrogen) atoms. The van der Waals surface area contributed by atoms with Crippen LogP contribution in [0.25, 0.3) is 10.6 Å². The molecule has 0 aliphatic rings. The lowest BCUT2D eigenvalue weighted by atomic mass is 10.1. The number of hydrogen-bond acceptors (Lipinski definition) is 7. The molecule has 0 saturated heterocycles. The van der Waals surface area contributed by atoms with E-state index >= 15 is 0 Å². The average Bonchev–Trinajstić information content (AvgIpc) is 3.15. The fourth-order valence-corrected chi connectivity index (χ4v) is 3.37. The largest absolute Gasteiger partial charge is 0.423 e. The van der Waals surface area contributed by atoms with Gasteiger partial charge in [0.25, 0.3) is 0 Å². The molecule has 122 valence electrons. The summed E-state index contributed by atoms with van der Waals surface area (Å²) in [6.07, 6.45) is 0. The summed E-state index contributed by atoms with van der Waals surface area (Å²) >= 11 is 1.44. The smallest absolute Gasteiger partial charge is 0.244 e. The van der Waals surface area contributed by atoms with Crippen LogP contribution in [0, 0.1) is 32.1 Å². The van der Waals surface area contributed by atoms with E-state index in [1.54, 1.807) is 19.2 Å². The number of nitrogens with zero attached hydrogens (tertiary/aromatic N) is 4. The second kappa shape index (κ2) is 6.43. The lowest BCUT2D eigenvalue weighted by molar-refractivity contribution is 0.212. The molecule has 0 aliphatic heterocycles. The Morgan fingerprint density at radius 2 is 2.00 bits per heavy atom. The number of nitriles is 1. The van der Waals surface area contributed by atoms with Crippen molar-refractivity contribution in [3.8, 4) is 16.6 Å². The fraction of sp³-hybridized carbons (Fsp3) is 0.235. The van der Waals surface area contributed by atoms with Crippen LogP contribution < -0.4 is 5.06 Å². The van der Waals surface area contributed by atoms with Crippen molar-refractivity contribution in [1.82, 2.24) is 9.97 Å². The average molecular weight is 340 g/mol. The second-order valence-electron chi connectivity index (χ2n) is 5.39. The number of hydroxylamine groups is 1. The summed E-state index contributed by atoms with van der Waals surface area (Å²) in [5.74, 6) is 0.585. The predicted molar refractivity (Wildman–Crippen MR) is 90.9 cm³/mol. The molecule has 2 aromatic heterocycles. The van der Waals surface area contributed by atoms with Crippen molar-refractivity contribution >= 4 is 17.2 Å². The van der Waals surface area contributed by atoms with Crippen LogP contribution in [-0.2, 0) is 0 Å². The van der Waals surface area contributed by atoms with Gasteiger partial charge in [-0.25, -0.2) is 9.97 Å². The summed E-state index contributed by atoms with van der Waals surface area (Å²) in [6.45, 7) is 5.41. The van der Waals surface area contributed by atoms with Gasteiger partial charge in [0.2, 0.25) is 5.88 Å². The zero-order valence-electron chi connectivity index (χ0n) is 13.5. The molecule has 6 nitrogen and oxygen atoms in total. The molecular weight excluding hydrogens is 324 g/mol. The first kappa shape index (κ1) is 16.2. The van der Waals surface area contributed by atoms with Crippen molar-refractivity contribution in [1.29, 1.82) is 5.26 Å². The maximum absolute atomic E-state index is 10.4. The molecule has 0 aliphatic carbocycles. The number of anilines is 1. The van der Waals surface area contributed by atoms with E-state index in [9.17, 15) is 10.5 Å². The lowest BCUT2D eigenvalue weighted by Gasteiger charge is -2.18. The lowest BCUT2D eigenvalue weighted by Crippen LogP contribution is -2.24. The second-order valence-corrected chi connectivity index (χ2v) is 6.25. The third kappa shape index (κ3) is 2.89. The maximum Gasteiger partial charge on any atom is 0.244 e. The van der Waals surface area contributed by atoms with Crippen molar-refractivity contribution in [2.75, 3.05) is 5.06 Å². The Hall–Kier alpha value is -2.69. The highest BCUT2D eigenvalue weighted by molar-refractivity contribution is 7.13. The van der Waals surface area contributed by atoms with E-state index in [0.717, 1.165) is 21.2 Å². The number of aryl methyl sites for hydroxylation is 3. The first-order chi connectivity index (χ1) is 11.5. The summed E-state index contributed by atoms with van der Waals surface area (Å²) < 4.78 is 5.38. The molecule has 1 atom stereocenters. The Bertz CT molecular complexity index is 909. The minimum absolute atomic E-state index is 0.157. The minimum Gasteiger partial charge on any atom is -0.423 e. The van der Waals surface area contributed by atoms with Gasteiger partial charge in [0.15, 0.2) is 11.9 Å². The summed E-state index contributed by atoms with van der Waals surface area (Å²) in [4.78, 5) is 8.64. The molecule has 3 aromatic rings. The Kier molecular flexibility index (Phi) is 4.34. The number of aromatic nitrogens is 2. The minimum atomic E-state index is -0.968. The van der Waals surface area contributed by atoms with Crippen LogP contribution in [0.15, 0.2) is 34.1 Å².